The summed E-state index contributed by atoms with van der Waals surface area (Å²) in [5.41, 5.74) is 0.525. The molecule has 0 unspecified atom stereocenters. The lowest BCUT2D eigenvalue weighted by Gasteiger charge is -2.12. The zero-order valence-corrected chi connectivity index (χ0v) is 10.9. The smallest absolute Gasteiger partial charge is 0.253 e. The van der Waals surface area contributed by atoms with Crippen LogP contribution in [0.5, 0.6) is 0 Å². The van der Waals surface area contributed by atoms with E-state index in [9.17, 15) is 4.79 Å². The fourth-order valence-electron chi connectivity index (χ4n) is 1.71. The van der Waals surface area contributed by atoms with Gasteiger partial charge in [-0.1, -0.05) is 27.5 Å². The first-order valence-electron chi connectivity index (χ1n) is 5.13. The molecule has 1 fully saturated rings. The van der Waals surface area contributed by atoms with Gasteiger partial charge in [-0.15, -0.1) is 0 Å². The van der Waals surface area contributed by atoms with E-state index in [1.807, 2.05) is 6.07 Å². The second-order valence-electron chi connectivity index (χ2n) is 3.79. The molecule has 1 heterocycles. The third-order valence-electron chi connectivity index (χ3n) is 2.57. The molecule has 0 spiro atoms. The molecule has 1 saturated heterocycles. The van der Waals surface area contributed by atoms with E-state index in [0.29, 0.717) is 10.6 Å². The van der Waals surface area contributed by atoms with E-state index in [1.54, 1.807) is 12.1 Å². The Balaban J connectivity index is 2.08. The van der Waals surface area contributed by atoms with Gasteiger partial charge in [0.15, 0.2) is 0 Å². The summed E-state index contributed by atoms with van der Waals surface area (Å²) in [6, 6.07) is 5.48. The lowest BCUT2D eigenvalue weighted by atomic mass is 10.2. The van der Waals surface area contributed by atoms with Crippen molar-refractivity contribution in [2.75, 3.05) is 13.1 Å². The number of hydrogen-bond donors (Lipinski definition) is 2. The van der Waals surface area contributed by atoms with Gasteiger partial charge in [-0.2, -0.15) is 0 Å². The molecule has 1 atom stereocenters. The number of hydrogen-bond acceptors (Lipinski definition) is 2. The van der Waals surface area contributed by atoms with Crippen LogP contribution in [0.4, 0.5) is 0 Å². The first-order chi connectivity index (χ1) is 7.66. The molecule has 3 nitrogen and oxygen atoms in total. The Morgan fingerprint density at radius 1 is 1.56 bits per heavy atom. The fraction of sp³-hybridized carbons (Fsp3) is 0.364. The Kier molecular flexibility index (Phi) is 3.84. The minimum Gasteiger partial charge on any atom is -0.348 e. The van der Waals surface area contributed by atoms with Crippen LogP contribution in [0.25, 0.3) is 0 Å². The van der Waals surface area contributed by atoms with Crippen LogP contribution in [0.2, 0.25) is 5.02 Å². The standard InChI is InChI=1S/C11H12BrClN2O/c12-7-1-2-9(10(13)5-7)11(16)15-8-3-4-14-6-8/h1-2,5,8,14H,3-4,6H2,(H,15,16)/t8-/m1/s1. The molecular formula is C11H12BrClN2O. The molecule has 0 saturated carbocycles. The Labute approximate surface area is 108 Å². The minimum atomic E-state index is -0.105. The summed E-state index contributed by atoms with van der Waals surface area (Å²) in [6.07, 6.45) is 0.972. The highest BCUT2D eigenvalue weighted by molar-refractivity contribution is 9.10. The van der Waals surface area contributed by atoms with Crippen molar-refractivity contribution < 1.29 is 4.79 Å². The number of halogens is 2. The normalized spacial score (nSPS) is 19.8. The van der Waals surface area contributed by atoms with Crippen LogP contribution >= 0.6 is 27.5 Å². The Bertz CT molecular complexity index is 405. The number of nitrogens with one attached hydrogen (secondary N) is 2. The molecule has 1 aromatic carbocycles. The van der Waals surface area contributed by atoms with E-state index < -0.39 is 0 Å². The van der Waals surface area contributed by atoms with Gasteiger partial charge in [0.2, 0.25) is 0 Å². The van der Waals surface area contributed by atoms with Crippen molar-refractivity contribution in [3.05, 3.63) is 33.3 Å². The lowest BCUT2D eigenvalue weighted by molar-refractivity contribution is 0.0940. The number of amides is 1. The average molecular weight is 304 g/mol. The maximum atomic E-state index is 11.9. The van der Waals surface area contributed by atoms with E-state index in [1.165, 1.54) is 0 Å². The minimum absolute atomic E-state index is 0.105. The largest absolute Gasteiger partial charge is 0.348 e. The van der Waals surface area contributed by atoms with Crippen LogP contribution in [0, 0.1) is 0 Å². The zero-order chi connectivity index (χ0) is 11.5. The zero-order valence-electron chi connectivity index (χ0n) is 8.59. The van der Waals surface area contributed by atoms with Crippen molar-refractivity contribution in [3.63, 3.8) is 0 Å². The number of rotatable bonds is 2. The van der Waals surface area contributed by atoms with Crippen molar-refractivity contribution in [2.24, 2.45) is 0 Å². The van der Waals surface area contributed by atoms with Crippen LogP contribution in [0.15, 0.2) is 22.7 Å². The van der Waals surface area contributed by atoms with Gasteiger partial charge in [-0.25, -0.2) is 0 Å². The summed E-state index contributed by atoms with van der Waals surface area (Å²) in [5.74, 6) is -0.105. The molecule has 5 heteroatoms. The molecule has 1 aliphatic rings. The van der Waals surface area contributed by atoms with Gasteiger partial charge in [0.25, 0.3) is 5.91 Å². The predicted octanol–water partition coefficient (Wildman–Crippen LogP) is 2.19. The van der Waals surface area contributed by atoms with Gasteiger partial charge in [-0.05, 0) is 31.2 Å². The van der Waals surface area contributed by atoms with Crippen LogP contribution in [0.3, 0.4) is 0 Å². The fourth-order valence-corrected chi connectivity index (χ4v) is 2.47. The molecule has 0 aliphatic carbocycles. The van der Waals surface area contributed by atoms with Crippen molar-refractivity contribution in [3.8, 4) is 0 Å². The third-order valence-corrected chi connectivity index (χ3v) is 3.38. The van der Waals surface area contributed by atoms with E-state index in [0.717, 1.165) is 24.0 Å². The SMILES string of the molecule is O=C(N[C@@H]1CCNC1)c1ccc(Br)cc1Cl. The Hall–Kier alpha value is -0.580. The average Bonchev–Trinajstić information content (AvgIpc) is 2.70. The third kappa shape index (κ3) is 2.75. The van der Waals surface area contributed by atoms with E-state index in [-0.39, 0.29) is 11.9 Å². The molecule has 2 rings (SSSR count). The lowest BCUT2D eigenvalue weighted by Crippen LogP contribution is -2.36. The molecular weight excluding hydrogens is 291 g/mol. The van der Waals surface area contributed by atoms with Crippen molar-refractivity contribution in [1.82, 2.24) is 10.6 Å². The Morgan fingerprint density at radius 3 is 3.00 bits per heavy atom. The maximum absolute atomic E-state index is 11.9. The summed E-state index contributed by atoms with van der Waals surface area (Å²) in [5, 5.41) is 6.62. The van der Waals surface area contributed by atoms with Crippen molar-refractivity contribution in [1.29, 1.82) is 0 Å². The van der Waals surface area contributed by atoms with Crippen molar-refractivity contribution in [2.45, 2.75) is 12.5 Å². The Morgan fingerprint density at radius 2 is 2.38 bits per heavy atom. The summed E-state index contributed by atoms with van der Waals surface area (Å²) in [6.45, 7) is 1.79. The van der Waals surface area contributed by atoms with Gasteiger partial charge >= 0.3 is 0 Å². The van der Waals surface area contributed by atoms with Crippen LogP contribution in [-0.2, 0) is 0 Å². The summed E-state index contributed by atoms with van der Waals surface area (Å²) in [4.78, 5) is 11.9. The highest BCUT2D eigenvalue weighted by Gasteiger charge is 2.18. The topological polar surface area (TPSA) is 41.1 Å². The monoisotopic (exact) mass is 302 g/mol. The summed E-state index contributed by atoms with van der Waals surface area (Å²) < 4.78 is 0.872. The second kappa shape index (κ2) is 5.17. The molecule has 16 heavy (non-hydrogen) atoms. The molecule has 0 aromatic heterocycles. The molecule has 1 aromatic rings. The molecule has 1 aliphatic heterocycles. The highest BCUT2D eigenvalue weighted by atomic mass is 79.9. The first-order valence-corrected chi connectivity index (χ1v) is 6.30. The first kappa shape index (κ1) is 11.9. The molecule has 1 amide bonds. The maximum Gasteiger partial charge on any atom is 0.253 e. The molecule has 2 N–H and O–H groups in total. The highest BCUT2D eigenvalue weighted by Crippen LogP contribution is 2.21. The molecule has 0 bridgehead atoms. The summed E-state index contributed by atoms with van der Waals surface area (Å²) >= 11 is 9.31. The van der Waals surface area contributed by atoms with Crippen LogP contribution in [0.1, 0.15) is 16.8 Å². The van der Waals surface area contributed by atoms with Gasteiger partial charge in [-0.3, -0.25) is 4.79 Å². The van der Waals surface area contributed by atoms with E-state index in [4.69, 9.17) is 11.6 Å². The molecule has 86 valence electrons. The van der Waals surface area contributed by atoms with Gasteiger partial charge in [0.05, 0.1) is 10.6 Å². The predicted molar refractivity (Wildman–Crippen MR) is 67.9 cm³/mol. The van der Waals surface area contributed by atoms with E-state index in [2.05, 4.69) is 26.6 Å². The quantitative estimate of drug-likeness (QED) is 0.879. The number of benzene rings is 1. The second-order valence-corrected chi connectivity index (χ2v) is 5.11. The molecule has 0 radical (unpaired) electrons. The van der Waals surface area contributed by atoms with E-state index >= 15 is 0 Å². The van der Waals surface area contributed by atoms with Gasteiger partial charge < -0.3 is 10.6 Å². The van der Waals surface area contributed by atoms with Crippen LogP contribution in [-0.4, -0.2) is 25.0 Å². The van der Waals surface area contributed by atoms with Crippen LogP contribution < -0.4 is 10.6 Å². The van der Waals surface area contributed by atoms with Crippen molar-refractivity contribution >= 4 is 33.4 Å². The number of carbonyl (C=O) groups is 1. The van der Waals surface area contributed by atoms with Gasteiger partial charge in [0.1, 0.15) is 0 Å². The summed E-state index contributed by atoms with van der Waals surface area (Å²) in [7, 11) is 0. The number of carbonyl (C=O) groups excluding carboxylic acids is 1. The van der Waals surface area contributed by atoms with Gasteiger partial charge in [0, 0.05) is 17.1 Å².